The summed E-state index contributed by atoms with van der Waals surface area (Å²) in [6.45, 7) is 0.194. The van der Waals surface area contributed by atoms with Gasteiger partial charge in [0, 0.05) is 5.02 Å². The number of ether oxygens (including phenoxy) is 1. The molecule has 0 spiro atoms. The van der Waals surface area contributed by atoms with Crippen molar-refractivity contribution in [3.05, 3.63) is 67.9 Å². The van der Waals surface area contributed by atoms with E-state index in [4.69, 9.17) is 16.3 Å². The van der Waals surface area contributed by atoms with Crippen LogP contribution in [-0.4, -0.2) is 23.9 Å². The van der Waals surface area contributed by atoms with Crippen molar-refractivity contribution in [3.8, 4) is 5.75 Å². The first kappa shape index (κ1) is 17.8. The van der Waals surface area contributed by atoms with Gasteiger partial charge in [-0.15, -0.1) is 0 Å². The van der Waals surface area contributed by atoms with E-state index >= 15 is 0 Å². The van der Waals surface area contributed by atoms with Crippen molar-refractivity contribution >= 4 is 52.2 Å². The van der Waals surface area contributed by atoms with E-state index in [1.54, 1.807) is 37.5 Å². The van der Waals surface area contributed by atoms with Crippen LogP contribution in [0.2, 0.25) is 5.02 Å². The van der Waals surface area contributed by atoms with Crippen molar-refractivity contribution in [3.63, 3.8) is 0 Å². The lowest BCUT2D eigenvalue weighted by Gasteiger charge is -2.11. The van der Waals surface area contributed by atoms with Gasteiger partial charge >= 0.3 is 6.03 Å². The van der Waals surface area contributed by atoms with Crippen LogP contribution >= 0.6 is 34.2 Å². The summed E-state index contributed by atoms with van der Waals surface area (Å²) in [5.74, 6) is 0.402. The molecule has 0 unspecified atom stereocenters. The topological polar surface area (TPSA) is 58.6 Å². The fourth-order valence-corrected chi connectivity index (χ4v) is 3.31. The number of carbonyl (C=O) groups excluding carboxylic acids is 2. The third kappa shape index (κ3) is 3.96. The molecule has 3 rings (SSSR count). The predicted octanol–water partition coefficient (Wildman–Crippen LogP) is 4.05. The molecule has 128 valence electrons. The van der Waals surface area contributed by atoms with Crippen LogP contribution in [0.4, 0.5) is 4.79 Å². The minimum Gasteiger partial charge on any atom is -0.496 e. The van der Waals surface area contributed by atoms with E-state index < -0.39 is 6.03 Å². The van der Waals surface area contributed by atoms with Crippen molar-refractivity contribution in [1.82, 2.24) is 10.2 Å². The van der Waals surface area contributed by atoms with Crippen molar-refractivity contribution in [2.24, 2.45) is 0 Å². The number of methoxy groups -OCH3 is 1. The average molecular weight is 469 g/mol. The molecule has 0 atom stereocenters. The quantitative estimate of drug-likeness (QED) is 0.418. The monoisotopic (exact) mass is 468 g/mol. The van der Waals surface area contributed by atoms with E-state index in [0.717, 1.165) is 20.4 Å². The number of amides is 3. The van der Waals surface area contributed by atoms with Gasteiger partial charge in [0.15, 0.2) is 0 Å². The van der Waals surface area contributed by atoms with Gasteiger partial charge in [0.1, 0.15) is 11.4 Å². The first-order chi connectivity index (χ1) is 12.0. The number of urea groups is 1. The fourth-order valence-electron chi connectivity index (χ4n) is 2.43. The zero-order valence-electron chi connectivity index (χ0n) is 13.3. The number of hydrogen-bond acceptors (Lipinski definition) is 3. The molecule has 1 aliphatic rings. The highest BCUT2D eigenvalue weighted by Gasteiger charge is 2.33. The molecule has 3 amide bonds. The van der Waals surface area contributed by atoms with E-state index in [1.807, 2.05) is 18.2 Å². The maximum atomic E-state index is 12.5. The molecule has 1 saturated heterocycles. The minimum atomic E-state index is -0.436. The number of hydrogen-bond donors (Lipinski definition) is 1. The Labute approximate surface area is 163 Å². The van der Waals surface area contributed by atoms with Gasteiger partial charge in [-0.1, -0.05) is 29.8 Å². The summed E-state index contributed by atoms with van der Waals surface area (Å²) in [5, 5.41) is 3.23. The summed E-state index contributed by atoms with van der Waals surface area (Å²) < 4.78 is 6.14. The first-order valence-corrected chi connectivity index (χ1v) is 8.86. The third-order valence-electron chi connectivity index (χ3n) is 3.70. The second-order valence-electron chi connectivity index (χ2n) is 5.40. The molecule has 0 saturated carbocycles. The molecule has 25 heavy (non-hydrogen) atoms. The molecule has 1 fully saturated rings. The lowest BCUT2D eigenvalue weighted by atomic mass is 10.1. The number of carbonyl (C=O) groups is 2. The minimum absolute atomic E-state index is 0.194. The van der Waals surface area contributed by atoms with E-state index in [-0.39, 0.29) is 18.1 Å². The van der Waals surface area contributed by atoms with Crippen LogP contribution in [-0.2, 0) is 11.3 Å². The Morgan fingerprint density at radius 2 is 1.92 bits per heavy atom. The Hall–Kier alpha value is -2.06. The van der Waals surface area contributed by atoms with Crippen LogP contribution in [0.3, 0.4) is 0 Å². The maximum absolute atomic E-state index is 12.5. The van der Waals surface area contributed by atoms with Crippen LogP contribution < -0.4 is 10.1 Å². The molecule has 5 nitrogen and oxygen atoms in total. The van der Waals surface area contributed by atoms with Gasteiger partial charge in [-0.25, -0.2) is 4.79 Å². The van der Waals surface area contributed by atoms with Crippen LogP contribution in [0.5, 0.6) is 5.75 Å². The molecule has 1 N–H and O–H groups in total. The molecule has 0 radical (unpaired) electrons. The lowest BCUT2D eigenvalue weighted by molar-refractivity contribution is -0.123. The average Bonchev–Trinajstić information content (AvgIpc) is 2.84. The van der Waals surface area contributed by atoms with Gasteiger partial charge in [0.05, 0.1) is 17.2 Å². The Morgan fingerprint density at radius 3 is 2.56 bits per heavy atom. The normalized spacial score (nSPS) is 15.6. The highest BCUT2D eigenvalue weighted by molar-refractivity contribution is 14.1. The Kier molecular flexibility index (Phi) is 5.29. The molecule has 0 aromatic heterocycles. The number of benzene rings is 2. The molecular weight excluding hydrogens is 455 g/mol. The summed E-state index contributed by atoms with van der Waals surface area (Å²) in [4.78, 5) is 25.8. The molecule has 7 heteroatoms. The number of nitrogens with one attached hydrogen (secondary N) is 1. The third-order valence-corrected chi connectivity index (χ3v) is 4.80. The van der Waals surface area contributed by atoms with E-state index in [2.05, 4.69) is 27.9 Å². The number of imide groups is 1. The zero-order chi connectivity index (χ0) is 18.0. The number of rotatable bonds is 4. The van der Waals surface area contributed by atoms with Crippen LogP contribution in [0.15, 0.2) is 48.2 Å². The fraction of sp³-hybridized carbons (Fsp3) is 0.111. The lowest BCUT2D eigenvalue weighted by Crippen LogP contribution is -2.30. The van der Waals surface area contributed by atoms with Gasteiger partial charge in [0.25, 0.3) is 5.91 Å². The van der Waals surface area contributed by atoms with Crippen molar-refractivity contribution in [2.45, 2.75) is 6.54 Å². The van der Waals surface area contributed by atoms with Crippen molar-refractivity contribution in [2.75, 3.05) is 7.11 Å². The second kappa shape index (κ2) is 7.45. The Balaban J connectivity index is 1.80. The van der Waals surface area contributed by atoms with Gasteiger partial charge in [-0.3, -0.25) is 9.69 Å². The highest BCUT2D eigenvalue weighted by Crippen LogP contribution is 2.24. The molecule has 0 aliphatic carbocycles. The summed E-state index contributed by atoms with van der Waals surface area (Å²) in [6, 6.07) is 12.1. The van der Waals surface area contributed by atoms with E-state index in [0.29, 0.717) is 5.02 Å². The number of nitrogens with zero attached hydrogens (tertiary/aromatic N) is 1. The molecular formula is C18H14ClIN2O3. The van der Waals surface area contributed by atoms with E-state index in [1.165, 1.54) is 4.90 Å². The number of halogens is 2. The van der Waals surface area contributed by atoms with Crippen LogP contribution in [0, 0.1) is 3.57 Å². The molecule has 1 heterocycles. The van der Waals surface area contributed by atoms with Gasteiger partial charge in [-0.05, 0) is 64.1 Å². The van der Waals surface area contributed by atoms with Gasteiger partial charge in [-0.2, -0.15) is 0 Å². The standard InChI is InChI=1S/C18H14ClIN2O3/c1-25-16-7-4-12(8-14(16)20)9-15-17(23)22(18(24)21-15)10-11-2-5-13(19)6-3-11/h2-9H,10H2,1H3,(H,21,24)/b15-9+. The Bertz CT molecular complexity index is 865. The first-order valence-electron chi connectivity index (χ1n) is 7.40. The summed E-state index contributed by atoms with van der Waals surface area (Å²) in [6.07, 6.45) is 1.66. The molecule has 1 aliphatic heterocycles. The SMILES string of the molecule is COc1ccc(/C=C2/NC(=O)N(Cc3ccc(Cl)cc3)C2=O)cc1I. The maximum Gasteiger partial charge on any atom is 0.329 e. The van der Waals surface area contributed by atoms with Gasteiger partial charge in [0.2, 0.25) is 0 Å². The zero-order valence-corrected chi connectivity index (χ0v) is 16.2. The van der Waals surface area contributed by atoms with Crippen LogP contribution in [0.1, 0.15) is 11.1 Å². The van der Waals surface area contributed by atoms with Crippen molar-refractivity contribution < 1.29 is 14.3 Å². The summed E-state index contributed by atoms with van der Waals surface area (Å²) >= 11 is 8.01. The van der Waals surface area contributed by atoms with Crippen molar-refractivity contribution in [1.29, 1.82) is 0 Å². The van der Waals surface area contributed by atoms with Gasteiger partial charge < -0.3 is 10.1 Å². The predicted molar refractivity (Wildman–Crippen MR) is 104 cm³/mol. The molecule has 0 bridgehead atoms. The summed E-state index contributed by atoms with van der Waals surface area (Å²) in [5.41, 5.74) is 1.88. The Morgan fingerprint density at radius 1 is 1.20 bits per heavy atom. The largest absolute Gasteiger partial charge is 0.496 e. The highest BCUT2D eigenvalue weighted by atomic mass is 127. The van der Waals surface area contributed by atoms with E-state index in [9.17, 15) is 9.59 Å². The van der Waals surface area contributed by atoms with Crippen LogP contribution in [0.25, 0.3) is 6.08 Å². The smallest absolute Gasteiger partial charge is 0.329 e. The summed E-state index contributed by atoms with van der Waals surface area (Å²) in [7, 11) is 1.60. The second-order valence-corrected chi connectivity index (χ2v) is 7.00. The molecule has 2 aromatic carbocycles. The molecule has 2 aromatic rings.